The van der Waals surface area contributed by atoms with Crippen molar-refractivity contribution in [3.05, 3.63) is 41.7 Å². The molecule has 2 heterocycles. The Kier molecular flexibility index (Phi) is 6.16. The van der Waals surface area contributed by atoms with Gasteiger partial charge >= 0.3 is 0 Å². The Morgan fingerprint density at radius 3 is 2.60 bits per heavy atom. The molecular weight excluding hydrogens is 358 g/mol. The van der Waals surface area contributed by atoms with Crippen molar-refractivity contribution < 1.29 is 4.79 Å². The van der Waals surface area contributed by atoms with Gasteiger partial charge in [0, 0.05) is 26.3 Å². The highest BCUT2D eigenvalue weighted by Gasteiger charge is 2.23. The fraction of sp³-hybridized carbons (Fsp3) is 0.353. The van der Waals surface area contributed by atoms with Crippen molar-refractivity contribution in [3.8, 4) is 0 Å². The maximum absolute atomic E-state index is 13.0. The zero-order valence-corrected chi connectivity index (χ0v) is 16.4. The number of carbonyl (C=O) groups excluding carboxylic acids is 1. The Bertz CT molecular complexity index is 873. The molecule has 0 aliphatic carbocycles. The summed E-state index contributed by atoms with van der Waals surface area (Å²) in [6.07, 6.45) is 1.64. The summed E-state index contributed by atoms with van der Waals surface area (Å²) in [4.78, 5) is 21.6. The maximum atomic E-state index is 13.0. The highest BCUT2D eigenvalue weighted by molar-refractivity contribution is 7.22. The number of anilines is 1. The first-order valence-corrected chi connectivity index (χ1v) is 8.60. The van der Waals surface area contributed by atoms with E-state index in [1.54, 1.807) is 40.2 Å². The summed E-state index contributed by atoms with van der Waals surface area (Å²) in [5.74, 6) is -0.0754. The lowest BCUT2D eigenvalue weighted by molar-refractivity contribution is 0.0976. The van der Waals surface area contributed by atoms with Crippen molar-refractivity contribution in [2.75, 3.05) is 32.1 Å². The Labute approximate surface area is 157 Å². The summed E-state index contributed by atoms with van der Waals surface area (Å²) in [6.45, 7) is 3.38. The number of para-hydroxylation sites is 1. The molecule has 0 radical (unpaired) electrons. The van der Waals surface area contributed by atoms with Gasteiger partial charge in [0.15, 0.2) is 5.13 Å². The zero-order valence-electron chi connectivity index (χ0n) is 14.8. The number of nitrogens with zero attached hydrogens (tertiary/aromatic N) is 5. The second-order valence-electron chi connectivity index (χ2n) is 6.02. The number of hydrogen-bond donors (Lipinski definition) is 0. The summed E-state index contributed by atoms with van der Waals surface area (Å²) in [5.41, 5.74) is 2.64. The molecule has 134 valence electrons. The summed E-state index contributed by atoms with van der Waals surface area (Å²) < 4.78 is 2.70. The minimum absolute atomic E-state index is 0. The molecule has 0 bridgehead atoms. The highest BCUT2D eigenvalue weighted by Crippen LogP contribution is 2.31. The van der Waals surface area contributed by atoms with E-state index in [1.807, 2.05) is 39.2 Å². The van der Waals surface area contributed by atoms with E-state index >= 15 is 0 Å². The lowest BCUT2D eigenvalue weighted by Crippen LogP contribution is -2.37. The molecule has 8 heteroatoms. The summed E-state index contributed by atoms with van der Waals surface area (Å²) in [7, 11) is 5.77. The molecule has 1 amide bonds. The van der Waals surface area contributed by atoms with Crippen LogP contribution in [0.15, 0.2) is 30.5 Å². The third-order valence-electron chi connectivity index (χ3n) is 3.90. The summed E-state index contributed by atoms with van der Waals surface area (Å²) in [5, 5.41) is 4.84. The number of thiazole rings is 1. The standard InChI is InChI=1S/C17H21N5OS.ClH/c1-12-6-5-7-14-15(12)19-17(24-14)22(11-10-20(2)3)16(23)13-8-9-18-21(13)4;/h5-9H,10-11H2,1-4H3;1H. The van der Waals surface area contributed by atoms with Crippen LogP contribution in [0.4, 0.5) is 5.13 Å². The van der Waals surface area contributed by atoms with Gasteiger partial charge in [-0.3, -0.25) is 14.4 Å². The number of fused-ring (bicyclic) bond motifs is 1. The van der Waals surface area contributed by atoms with E-state index in [0.29, 0.717) is 12.2 Å². The lowest BCUT2D eigenvalue weighted by Gasteiger charge is -2.21. The number of likely N-dealkylation sites (N-methyl/N-ethyl adjacent to an activating group) is 1. The van der Waals surface area contributed by atoms with E-state index in [1.165, 1.54) is 0 Å². The minimum Gasteiger partial charge on any atom is -0.308 e. The van der Waals surface area contributed by atoms with Gasteiger partial charge < -0.3 is 4.90 Å². The molecule has 0 fully saturated rings. The normalized spacial score (nSPS) is 10.9. The molecule has 0 atom stereocenters. The van der Waals surface area contributed by atoms with Crippen LogP contribution in [0.25, 0.3) is 10.2 Å². The number of halogens is 1. The van der Waals surface area contributed by atoms with Crippen molar-refractivity contribution in [1.82, 2.24) is 19.7 Å². The zero-order chi connectivity index (χ0) is 17.3. The van der Waals surface area contributed by atoms with E-state index < -0.39 is 0 Å². The Balaban J connectivity index is 0.00000225. The van der Waals surface area contributed by atoms with E-state index in [4.69, 9.17) is 4.98 Å². The van der Waals surface area contributed by atoms with E-state index in [2.05, 4.69) is 10.00 Å². The van der Waals surface area contributed by atoms with Gasteiger partial charge in [-0.2, -0.15) is 5.10 Å². The molecule has 25 heavy (non-hydrogen) atoms. The lowest BCUT2D eigenvalue weighted by atomic mass is 10.2. The third-order valence-corrected chi connectivity index (χ3v) is 4.94. The quantitative estimate of drug-likeness (QED) is 0.683. The van der Waals surface area contributed by atoms with Gasteiger partial charge in [-0.05, 0) is 38.7 Å². The molecule has 0 aliphatic rings. The Hall–Kier alpha value is -1.96. The van der Waals surface area contributed by atoms with Crippen LogP contribution in [0.3, 0.4) is 0 Å². The van der Waals surface area contributed by atoms with Crippen molar-refractivity contribution >= 4 is 45.0 Å². The van der Waals surface area contributed by atoms with E-state index in [-0.39, 0.29) is 18.3 Å². The van der Waals surface area contributed by atoms with E-state index in [9.17, 15) is 4.79 Å². The van der Waals surface area contributed by atoms with E-state index in [0.717, 1.165) is 27.5 Å². The number of aromatic nitrogens is 3. The highest BCUT2D eigenvalue weighted by atomic mass is 35.5. The van der Waals surface area contributed by atoms with Crippen LogP contribution < -0.4 is 4.90 Å². The van der Waals surface area contributed by atoms with Crippen LogP contribution in [-0.4, -0.2) is 52.8 Å². The molecule has 0 saturated heterocycles. The second kappa shape index (κ2) is 7.95. The Morgan fingerprint density at radius 1 is 1.24 bits per heavy atom. The number of benzene rings is 1. The maximum Gasteiger partial charge on any atom is 0.278 e. The van der Waals surface area contributed by atoms with Crippen LogP contribution in [0.5, 0.6) is 0 Å². The number of hydrogen-bond acceptors (Lipinski definition) is 5. The molecule has 0 saturated carbocycles. The van der Waals surface area contributed by atoms with Gasteiger partial charge in [-0.15, -0.1) is 12.4 Å². The van der Waals surface area contributed by atoms with Crippen molar-refractivity contribution in [3.63, 3.8) is 0 Å². The van der Waals surface area contributed by atoms with Crippen LogP contribution in [0.1, 0.15) is 16.1 Å². The second-order valence-corrected chi connectivity index (χ2v) is 7.03. The molecule has 0 spiro atoms. The van der Waals surface area contributed by atoms with Gasteiger partial charge in [0.1, 0.15) is 5.69 Å². The first-order chi connectivity index (χ1) is 11.5. The molecular formula is C17H22ClN5OS. The van der Waals surface area contributed by atoms with Gasteiger partial charge in [-0.25, -0.2) is 4.98 Å². The largest absolute Gasteiger partial charge is 0.308 e. The summed E-state index contributed by atoms with van der Waals surface area (Å²) >= 11 is 1.55. The monoisotopic (exact) mass is 379 g/mol. The first-order valence-electron chi connectivity index (χ1n) is 7.78. The average molecular weight is 380 g/mol. The number of aryl methyl sites for hydroxylation is 2. The van der Waals surface area contributed by atoms with Crippen molar-refractivity contribution in [2.24, 2.45) is 7.05 Å². The molecule has 0 unspecified atom stereocenters. The molecule has 6 nitrogen and oxygen atoms in total. The van der Waals surface area contributed by atoms with Gasteiger partial charge in [-0.1, -0.05) is 23.5 Å². The predicted octanol–water partition coefficient (Wildman–Crippen LogP) is 2.97. The number of amides is 1. The van der Waals surface area contributed by atoms with Crippen LogP contribution in [-0.2, 0) is 7.05 Å². The molecule has 0 N–H and O–H groups in total. The Morgan fingerprint density at radius 2 is 2.00 bits per heavy atom. The predicted molar refractivity (Wildman–Crippen MR) is 105 cm³/mol. The topological polar surface area (TPSA) is 54.3 Å². The minimum atomic E-state index is -0.0754. The van der Waals surface area contributed by atoms with Gasteiger partial charge in [0.25, 0.3) is 5.91 Å². The van der Waals surface area contributed by atoms with Crippen LogP contribution in [0.2, 0.25) is 0 Å². The summed E-state index contributed by atoms with van der Waals surface area (Å²) in [6, 6.07) is 7.84. The molecule has 1 aromatic carbocycles. The third kappa shape index (κ3) is 4.00. The number of rotatable bonds is 5. The van der Waals surface area contributed by atoms with Crippen molar-refractivity contribution in [2.45, 2.75) is 6.92 Å². The molecule has 3 rings (SSSR count). The van der Waals surface area contributed by atoms with Gasteiger partial charge in [0.05, 0.1) is 10.2 Å². The SMILES string of the molecule is Cc1cccc2sc(N(CCN(C)C)C(=O)c3ccnn3C)nc12.Cl. The molecule has 0 aliphatic heterocycles. The van der Waals surface area contributed by atoms with Crippen LogP contribution >= 0.6 is 23.7 Å². The fourth-order valence-corrected chi connectivity index (χ4v) is 3.56. The average Bonchev–Trinajstić information content (AvgIpc) is 3.14. The molecule has 2 aromatic heterocycles. The van der Waals surface area contributed by atoms with Crippen LogP contribution in [0, 0.1) is 6.92 Å². The van der Waals surface area contributed by atoms with Gasteiger partial charge in [0.2, 0.25) is 0 Å². The number of carbonyl (C=O) groups is 1. The van der Waals surface area contributed by atoms with Crippen molar-refractivity contribution in [1.29, 1.82) is 0 Å². The fourth-order valence-electron chi connectivity index (χ4n) is 2.50. The smallest absolute Gasteiger partial charge is 0.278 e. The first kappa shape index (κ1) is 19.4. The molecule has 3 aromatic rings.